The zero-order valence-corrected chi connectivity index (χ0v) is 8.20. The zero-order valence-electron chi connectivity index (χ0n) is 8.20. The van der Waals surface area contributed by atoms with Crippen LogP contribution >= 0.6 is 0 Å². The van der Waals surface area contributed by atoms with Crippen LogP contribution < -0.4 is 0 Å². The van der Waals surface area contributed by atoms with Crippen molar-refractivity contribution in [2.45, 2.75) is 19.8 Å². The van der Waals surface area contributed by atoms with E-state index >= 15 is 0 Å². The van der Waals surface area contributed by atoms with Gasteiger partial charge < -0.3 is 4.98 Å². The lowest BCUT2D eigenvalue weighted by Crippen LogP contribution is -1.90. The van der Waals surface area contributed by atoms with Gasteiger partial charge in [0.25, 0.3) is 0 Å². The van der Waals surface area contributed by atoms with Crippen LogP contribution in [0.25, 0.3) is 10.9 Å². The number of halogens is 3. The first-order valence-corrected chi connectivity index (χ1v) is 4.78. The third kappa shape index (κ3) is 1.60. The number of aromatic nitrogens is 1. The summed E-state index contributed by atoms with van der Waals surface area (Å²) in [4.78, 5) is 2.86. The summed E-state index contributed by atoms with van der Waals surface area (Å²) in [5.41, 5.74) is 1.09. The summed E-state index contributed by atoms with van der Waals surface area (Å²) >= 11 is 0. The second-order valence-electron chi connectivity index (χ2n) is 3.49. The van der Waals surface area contributed by atoms with Gasteiger partial charge in [-0.25, -0.2) is 13.2 Å². The number of rotatable bonds is 2. The Kier molecular flexibility index (Phi) is 2.42. The van der Waals surface area contributed by atoms with E-state index in [9.17, 15) is 13.2 Å². The Hall–Kier alpha value is -1.45. The molecule has 0 spiro atoms. The van der Waals surface area contributed by atoms with Crippen LogP contribution in [0.2, 0.25) is 0 Å². The highest BCUT2D eigenvalue weighted by atomic mass is 19.2. The number of nitrogens with one attached hydrogen (secondary N) is 1. The molecule has 0 saturated heterocycles. The third-order valence-electron chi connectivity index (χ3n) is 2.33. The average Bonchev–Trinajstić information content (AvgIpc) is 2.58. The smallest absolute Gasteiger partial charge is 0.195 e. The largest absolute Gasteiger partial charge is 0.358 e. The molecular formula is C11H10F3N. The number of aromatic amines is 1. The molecule has 80 valence electrons. The molecule has 0 fully saturated rings. The third-order valence-corrected chi connectivity index (χ3v) is 2.33. The SMILES string of the molecule is CCCc1cc2c(F)c(F)c(F)cc2[nH]1. The van der Waals surface area contributed by atoms with E-state index in [1.807, 2.05) is 6.92 Å². The van der Waals surface area contributed by atoms with Crippen molar-refractivity contribution in [2.75, 3.05) is 0 Å². The molecule has 1 aromatic carbocycles. The Bertz CT molecular complexity index is 502. The molecule has 0 amide bonds. The van der Waals surface area contributed by atoms with E-state index in [0.29, 0.717) is 5.52 Å². The van der Waals surface area contributed by atoms with Crippen LogP contribution in [-0.4, -0.2) is 4.98 Å². The van der Waals surface area contributed by atoms with E-state index < -0.39 is 17.5 Å². The van der Waals surface area contributed by atoms with E-state index in [2.05, 4.69) is 4.98 Å². The van der Waals surface area contributed by atoms with Crippen LogP contribution in [0.1, 0.15) is 19.0 Å². The van der Waals surface area contributed by atoms with Gasteiger partial charge in [-0.05, 0) is 12.5 Å². The van der Waals surface area contributed by atoms with Crippen LogP contribution in [0.5, 0.6) is 0 Å². The van der Waals surface area contributed by atoms with Gasteiger partial charge in [-0.15, -0.1) is 0 Å². The van der Waals surface area contributed by atoms with Crippen LogP contribution in [-0.2, 0) is 6.42 Å². The van der Waals surface area contributed by atoms with E-state index in [0.717, 1.165) is 24.6 Å². The van der Waals surface area contributed by atoms with Gasteiger partial charge in [-0.1, -0.05) is 13.3 Å². The maximum atomic E-state index is 13.3. The summed E-state index contributed by atoms with van der Waals surface area (Å²) in [6.07, 6.45) is 1.62. The molecule has 0 aliphatic rings. The Morgan fingerprint density at radius 2 is 1.87 bits per heavy atom. The molecular weight excluding hydrogens is 203 g/mol. The molecule has 0 saturated carbocycles. The van der Waals surface area contributed by atoms with Crippen molar-refractivity contribution in [3.8, 4) is 0 Å². The summed E-state index contributed by atoms with van der Waals surface area (Å²) in [5.74, 6) is -3.70. The van der Waals surface area contributed by atoms with Gasteiger partial charge >= 0.3 is 0 Å². The number of benzene rings is 1. The minimum Gasteiger partial charge on any atom is -0.358 e. The summed E-state index contributed by atoms with van der Waals surface area (Å²) in [7, 11) is 0. The van der Waals surface area contributed by atoms with Crippen LogP contribution in [0, 0.1) is 17.5 Å². The predicted molar refractivity (Wildman–Crippen MR) is 52.2 cm³/mol. The number of aryl methyl sites for hydroxylation is 1. The van der Waals surface area contributed by atoms with Crippen molar-refractivity contribution in [1.82, 2.24) is 4.98 Å². The topological polar surface area (TPSA) is 15.8 Å². The molecule has 1 aromatic heterocycles. The summed E-state index contributed by atoms with van der Waals surface area (Å²) < 4.78 is 39.0. The fourth-order valence-electron chi connectivity index (χ4n) is 1.64. The van der Waals surface area contributed by atoms with Crippen LogP contribution in [0.3, 0.4) is 0 Å². The van der Waals surface area contributed by atoms with Crippen LogP contribution in [0.4, 0.5) is 13.2 Å². The zero-order chi connectivity index (χ0) is 11.0. The van der Waals surface area contributed by atoms with Gasteiger partial charge in [0, 0.05) is 17.1 Å². The Morgan fingerprint density at radius 1 is 1.13 bits per heavy atom. The normalized spacial score (nSPS) is 11.2. The predicted octanol–water partition coefficient (Wildman–Crippen LogP) is 3.54. The lowest BCUT2D eigenvalue weighted by atomic mass is 10.2. The number of fused-ring (bicyclic) bond motifs is 1. The van der Waals surface area contributed by atoms with E-state index in [4.69, 9.17) is 0 Å². The second kappa shape index (κ2) is 3.61. The minimum atomic E-state index is -1.41. The van der Waals surface area contributed by atoms with Gasteiger partial charge in [0.05, 0.1) is 5.52 Å². The monoisotopic (exact) mass is 213 g/mol. The molecule has 1 heterocycles. The molecule has 2 aromatic rings. The van der Waals surface area contributed by atoms with Gasteiger partial charge in [-0.2, -0.15) is 0 Å². The van der Waals surface area contributed by atoms with Crippen molar-refractivity contribution >= 4 is 10.9 Å². The maximum absolute atomic E-state index is 13.3. The lowest BCUT2D eigenvalue weighted by molar-refractivity contribution is 0.453. The highest BCUT2D eigenvalue weighted by Gasteiger charge is 2.15. The average molecular weight is 213 g/mol. The van der Waals surface area contributed by atoms with Gasteiger partial charge in [-0.3, -0.25) is 0 Å². The summed E-state index contributed by atoms with van der Waals surface area (Å²) in [6, 6.07) is 2.50. The van der Waals surface area contributed by atoms with Gasteiger partial charge in [0.2, 0.25) is 0 Å². The number of hydrogen-bond donors (Lipinski definition) is 1. The Morgan fingerprint density at radius 3 is 2.53 bits per heavy atom. The Labute approximate surface area is 84.9 Å². The molecule has 0 aliphatic heterocycles. The number of H-pyrrole nitrogens is 1. The summed E-state index contributed by atoms with van der Waals surface area (Å²) in [6.45, 7) is 1.98. The van der Waals surface area contributed by atoms with Crippen LogP contribution in [0.15, 0.2) is 12.1 Å². The molecule has 0 unspecified atom stereocenters. The van der Waals surface area contributed by atoms with E-state index in [1.165, 1.54) is 6.07 Å². The van der Waals surface area contributed by atoms with E-state index in [1.54, 1.807) is 0 Å². The van der Waals surface area contributed by atoms with Gasteiger partial charge in [0.1, 0.15) is 0 Å². The first-order chi connectivity index (χ1) is 7.13. The van der Waals surface area contributed by atoms with Gasteiger partial charge in [0.15, 0.2) is 17.5 Å². The summed E-state index contributed by atoms with van der Waals surface area (Å²) in [5, 5.41) is 0.109. The molecule has 1 nitrogen and oxygen atoms in total. The molecule has 0 atom stereocenters. The molecule has 4 heteroatoms. The van der Waals surface area contributed by atoms with E-state index in [-0.39, 0.29) is 5.39 Å². The fraction of sp³-hybridized carbons (Fsp3) is 0.273. The highest BCUT2D eigenvalue weighted by molar-refractivity contribution is 5.81. The minimum absolute atomic E-state index is 0.109. The Balaban J connectivity index is 2.65. The molecule has 15 heavy (non-hydrogen) atoms. The first kappa shape index (κ1) is 10.1. The lowest BCUT2D eigenvalue weighted by Gasteiger charge is -1.95. The maximum Gasteiger partial charge on any atom is 0.195 e. The fourth-order valence-corrected chi connectivity index (χ4v) is 1.64. The number of hydrogen-bond acceptors (Lipinski definition) is 0. The van der Waals surface area contributed by atoms with Crippen molar-refractivity contribution < 1.29 is 13.2 Å². The molecule has 0 aliphatic carbocycles. The van der Waals surface area contributed by atoms with Crippen molar-refractivity contribution in [2.24, 2.45) is 0 Å². The molecule has 0 bridgehead atoms. The quantitative estimate of drug-likeness (QED) is 0.734. The first-order valence-electron chi connectivity index (χ1n) is 4.78. The second-order valence-corrected chi connectivity index (χ2v) is 3.49. The molecule has 1 N–H and O–H groups in total. The molecule has 2 rings (SSSR count). The highest BCUT2D eigenvalue weighted by Crippen LogP contribution is 2.24. The van der Waals surface area contributed by atoms with Crippen molar-refractivity contribution in [3.63, 3.8) is 0 Å². The van der Waals surface area contributed by atoms with Crippen molar-refractivity contribution in [3.05, 3.63) is 35.3 Å². The molecule has 0 radical (unpaired) electrons. The standard InChI is InChI=1S/C11H10F3N/c1-2-3-6-4-7-9(15-6)5-8(12)11(14)10(7)13/h4-5,15H,2-3H2,1H3. The van der Waals surface area contributed by atoms with Crippen molar-refractivity contribution in [1.29, 1.82) is 0 Å².